The maximum absolute atomic E-state index is 9.58. The van der Waals surface area contributed by atoms with Crippen molar-refractivity contribution >= 4 is 0 Å². The maximum Gasteiger partial charge on any atom is 0.0625 e. The van der Waals surface area contributed by atoms with Gasteiger partial charge in [-0.25, -0.2) is 0 Å². The molecule has 0 bridgehead atoms. The van der Waals surface area contributed by atoms with Crippen LogP contribution < -0.4 is 5.32 Å². The fourth-order valence-electron chi connectivity index (χ4n) is 2.27. The minimum atomic E-state index is -0.179. The Bertz CT molecular complexity index is 423. The third kappa shape index (κ3) is 2.93. The van der Waals surface area contributed by atoms with Crippen molar-refractivity contribution in [2.24, 2.45) is 0 Å². The van der Waals surface area contributed by atoms with Gasteiger partial charge in [0.1, 0.15) is 0 Å². The number of aliphatic hydroxyl groups excluding tert-OH is 1. The van der Waals surface area contributed by atoms with Crippen LogP contribution in [0.5, 0.6) is 0 Å². The Morgan fingerprint density at radius 1 is 1.39 bits per heavy atom. The first-order valence-corrected chi connectivity index (χ1v) is 6.84. The summed E-state index contributed by atoms with van der Waals surface area (Å²) >= 11 is 0. The number of rotatable bonds is 6. The van der Waals surface area contributed by atoms with Crippen LogP contribution in [0.25, 0.3) is 0 Å². The molecule has 1 aromatic heterocycles. The number of aryl methyl sites for hydroxylation is 2. The normalized spacial score (nSPS) is 18.9. The van der Waals surface area contributed by atoms with Crippen molar-refractivity contribution in [1.29, 1.82) is 0 Å². The molecular formula is C14H25N3O. The first kappa shape index (κ1) is 13.6. The van der Waals surface area contributed by atoms with Crippen molar-refractivity contribution in [1.82, 2.24) is 15.1 Å². The molecule has 1 atom stereocenters. The number of hydrogen-bond acceptors (Lipinski definition) is 3. The van der Waals surface area contributed by atoms with E-state index in [1.54, 1.807) is 0 Å². The van der Waals surface area contributed by atoms with E-state index in [1.807, 2.05) is 6.92 Å². The van der Waals surface area contributed by atoms with Gasteiger partial charge in [-0.15, -0.1) is 0 Å². The predicted molar refractivity (Wildman–Crippen MR) is 72.7 cm³/mol. The standard InChI is InChI=1S/C14H25N3O/c1-10-11(2)16-17(12(10)3)8-7-14(4,9-18)15-13-5-6-13/h13,15,18H,5-9H2,1-4H3. The molecule has 0 amide bonds. The average molecular weight is 251 g/mol. The molecule has 1 fully saturated rings. The lowest BCUT2D eigenvalue weighted by atomic mass is 9.99. The fourth-order valence-corrected chi connectivity index (χ4v) is 2.27. The lowest BCUT2D eigenvalue weighted by molar-refractivity contribution is 0.157. The Kier molecular flexibility index (Phi) is 3.78. The highest BCUT2D eigenvalue weighted by atomic mass is 16.3. The molecule has 1 saturated carbocycles. The van der Waals surface area contributed by atoms with Crippen LogP contribution in [0.3, 0.4) is 0 Å². The van der Waals surface area contributed by atoms with Gasteiger partial charge in [-0.1, -0.05) is 0 Å². The van der Waals surface area contributed by atoms with Gasteiger partial charge in [-0.2, -0.15) is 5.10 Å². The molecule has 2 N–H and O–H groups in total. The summed E-state index contributed by atoms with van der Waals surface area (Å²) in [5.41, 5.74) is 3.44. The van der Waals surface area contributed by atoms with E-state index < -0.39 is 0 Å². The molecule has 0 radical (unpaired) electrons. The number of nitrogens with one attached hydrogen (secondary N) is 1. The van der Waals surface area contributed by atoms with Crippen molar-refractivity contribution in [3.05, 3.63) is 17.0 Å². The second-order valence-electron chi connectivity index (χ2n) is 5.91. The van der Waals surface area contributed by atoms with Gasteiger partial charge in [0.2, 0.25) is 0 Å². The van der Waals surface area contributed by atoms with E-state index in [-0.39, 0.29) is 12.1 Å². The Hall–Kier alpha value is -0.870. The van der Waals surface area contributed by atoms with Crippen LogP contribution in [-0.2, 0) is 6.54 Å². The van der Waals surface area contributed by atoms with Crippen LogP contribution in [0.15, 0.2) is 0 Å². The lowest BCUT2D eigenvalue weighted by Crippen LogP contribution is -2.47. The largest absolute Gasteiger partial charge is 0.394 e. The van der Waals surface area contributed by atoms with Crippen molar-refractivity contribution in [2.45, 2.75) is 65.1 Å². The highest BCUT2D eigenvalue weighted by molar-refractivity contribution is 5.22. The zero-order valence-corrected chi connectivity index (χ0v) is 12.0. The molecule has 0 saturated heterocycles. The van der Waals surface area contributed by atoms with Crippen molar-refractivity contribution in [2.75, 3.05) is 6.61 Å². The monoisotopic (exact) mass is 251 g/mol. The second kappa shape index (κ2) is 5.02. The molecule has 102 valence electrons. The number of aliphatic hydroxyl groups is 1. The topological polar surface area (TPSA) is 50.1 Å². The SMILES string of the molecule is Cc1nn(CCC(C)(CO)NC2CC2)c(C)c1C. The Morgan fingerprint density at radius 2 is 2.06 bits per heavy atom. The van der Waals surface area contributed by atoms with E-state index in [9.17, 15) is 5.11 Å². The van der Waals surface area contributed by atoms with Crippen molar-refractivity contribution in [3.8, 4) is 0 Å². The van der Waals surface area contributed by atoms with Crippen LogP contribution in [0.4, 0.5) is 0 Å². The Balaban J connectivity index is 1.98. The molecule has 0 spiro atoms. The summed E-state index contributed by atoms with van der Waals surface area (Å²) in [6.45, 7) is 9.41. The molecule has 1 aliphatic carbocycles. The number of hydrogen-bond donors (Lipinski definition) is 2. The van der Waals surface area contributed by atoms with E-state index in [4.69, 9.17) is 0 Å². The van der Waals surface area contributed by atoms with Crippen LogP contribution in [0.1, 0.15) is 43.1 Å². The molecule has 0 aromatic carbocycles. The molecule has 1 heterocycles. The molecule has 4 nitrogen and oxygen atoms in total. The molecule has 1 aliphatic rings. The van der Waals surface area contributed by atoms with Gasteiger partial charge >= 0.3 is 0 Å². The van der Waals surface area contributed by atoms with Gasteiger partial charge in [0.15, 0.2) is 0 Å². The minimum absolute atomic E-state index is 0.179. The fraction of sp³-hybridized carbons (Fsp3) is 0.786. The third-order valence-corrected chi connectivity index (χ3v) is 4.10. The quantitative estimate of drug-likeness (QED) is 0.809. The summed E-state index contributed by atoms with van der Waals surface area (Å²) in [6.07, 6.45) is 3.39. The van der Waals surface area contributed by atoms with Crippen molar-refractivity contribution < 1.29 is 5.11 Å². The Morgan fingerprint density at radius 3 is 2.50 bits per heavy atom. The van der Waals surface area contributed by atoms with E-state index in [1.165, 1.54) is 24.1 Å². The third-order valence-electron chi connectivity index (χ3n) is 4.10. The average Bonchev–Trinajstić information content (AvgIpc) is 3.11. The van der Waals surface area contributed by atoms with Gasteiger partial charge in [-0.3, -0.25) is 4.68 Å². The van der Waals surface area contributed by atoms with Crippen LogP contribution >= 0.6 is 0 Å². The maximum atomic E-state index is 9.58. The van der Waals surface area contributed by atoms with Gasteiger partial charge in [-0.05, 0) is 52.5 Å². The summed E-state index contributed by atoms with van der Waals surface area (Å²) in [5, 5.41) is 17.7. The van der Waals surface area contributed by atoms with E-state index >= 15 is 0 Å². The second-order valence-corrected chi connectivity index (χ2v) is 5.91. The summed E-state index contributed by atoms with van der Waals surface area (Å²) < 4.78 is 2.06. The molecule has 0 aliphatic heterocycles. The summed E-state index contributed by atoms with van der Waals surface area (Å²) in [5.74, 6) is 0. The van der Waals surface area contributed by atoms with Gasteiger partial charge < -0.3 is 10.4 Å². The number of nitrogens with zero attached hydrogens (tertiary/aromatic N) is 2. The van der Waals surface area contributed by atoms with Crippen LogP contribution in [0, 0.1) is 20.8 Å². The first-order chi connectivity index (χ1) is 8.45. The zero-order valence-electron chi connectivity index (χ0n) is 12.0. The van der Waals surface area contributed by atoms with E-state index in [0.717, 1.165) is 18.7 Å². The van der Waals surface area contributed by atoms with Gasteiger partial charge in [0.05, 0.1) is 12.3 Å². The molecular weight excluding hydrogens is 226 g/mol. The van der Waals surface area contributed by atoms with E-state index in [0.29, 0.717) is 6.04 Å². The van der Waals surface area contributed by atoms with Gasteiger partial charge in [0, 0.05) is 23.8 Å². The summed E-state index contributed by atoms with van der Waals surface area (Å²) in [4.78, 5) is 0. The van der Waals surface area contributed by atoms with Crippen molar-refractivity contribution in [3.63, 3.8) is 0 Å². The first-order valence-electron chi connectivity index (χ1n) is 6.84. The molecule has 2 rings (SSSR count). The lowest BCUT2D eigenvalue weighted by Gasteiger charge is -2.29. The smallest absolute Gasteiger partial charge is 0.0625 e. The molecule has 4 heteroatoms. The predicted octanol–water partition coefficient (Wildman–Crippen LogP) is 1.70. The molecule has 18 heavy (non-hydrogen) atoms. The molecule has 1 unspecified atom stereocenters. The van der Waals surface area contributed by atoms with Crippen LogP contribution in [-0.4, -0.2) is 33.1 Å². The zero-order chi connectivity index (χ0) is 13.3. The van der Waals surface area contributed by atoms with Crippen LogP contribution in [0.2, 0.25) is 0 Å². The number of aromatic nitrogens is 2. The minimum Gasteiger partial charge on any atom is -0.394 e. The Labute approximate surface area is 109 Å². The summed E-state index contributed by atoms with van der Waals surface area (Å²) in [6, 6.07) is 0.615. The van der Waals surface area contributed by atoms with Gasteiger partial charge in [0.25, 0.3) is 0 Å². The molecule has 1 aromatic rings. The summed E-state index contributed by atoms with van der Waals surface area (Å²) in [7, 11) is 0. The highest BCUT2D eigenvalue weighted by Crippen LogP contribution is 2.24. The van der Waals surface area contributed by atoms with E-state index in [2.05, 4.69) is 35.9 Å². The highest BCUT2D eigenvalue weighted by Gasteiger charge is 2.31.